The number of carbonyl (C=O) groups excluding carboxylic acids is 1. The third-order valence-corrected chi connectivity index (χ3v) is 6.22. The summed E-state index contributed by atoms with van der Waals surface area (Å²) < 4.78 is 31.7. The maximum Gasteiger partial charge on any atom is 0.339 e. The Balaban J connectivity index is 1.96. The monoisotopic (exact) mass is 309 g/mol. The van der Waals surface area contributed by atoms with Gasteiger partial charge in [-0.05, 0) is 25.3 Å². The maximum atomic E-state index is 12.3. The van der Waals surface area contributed by atoms with E-state index in [1.807, 2.05) is 19.1 Å². The molecule has 3 rings (SSSR count). The van der Waals surface area contributed by atoms with Crippen LogP contribution in [-0.4, -0.2) is 37.5 Å². The number of carbonyl (C=O) groups is 1. The molecule has 0 amide bonds. The number of fused-ring (bicyclic) bond motifs is 2. The van der Waals surface area contributed by atoms with Gasteiger partial charge in [-0.25, -0.2) is 13.2 Å². The fraction of sp³-hybridized carbons (Fsp3) is 0.533. The Morgan fingerprint density at radius 1 is 1.33 bits per heavy atom. The second-order valence-corrected chi connectivity index (χ2v) is 7.77. The van der Waals surface area contributed by atoms with Crippen LogP contribution in [0.4, 0.5) is 0 Å². The van der Waals surface area contributed by atoms with Crippen LogP contribution in [0.25, 0.3) is 0 Å². The summed E-state index contributed by atoms with van der Waals surface area (Å²) in [6.45, 7) is 2.59. The summed E-state index contributed by atoms with van der Waals surface area (Å²) >= 11 is 0. The van der Waals surface area contributed by atoms with Crippen LogP contribution in [0.15, 0.2) is 24.3 Å². The van der Waals surface area contributed by atoms with Crippen molar-refractivity contribution in [1.82, 2.24) is 4.31 Å². The van der Waals surface area contributed by atoms with Gasteiger partial charge in [0.15, 0.2) is 5.60 Å². The van der Waals surface area contributed by atoms with Crippen LogP contribution in [0.3, 0.4) is 0 Å². The molecule has 1 aromatic rings. The van der Waals surface area contributed by atoms with E-state index >= 15 is 0 Å². The Labute approximate surface area is 124 Å². The molecule has 0 aromatic heterocycles. The first-order valence-corrected chi connectivity index (χ1v) is 8.90. The topological polar surface area (TPSA) is 63.7 Å². The van der Waals surface area contributed by atoms with Crippen molar-refractivity contribution in [2.75, 3.05) is 18.8 Å². The Hall–Kier alpha value is -1.40. The van der Waals surface area contributed by atoms with Crippen molar-refractivity contribution in [3.05, 3.63) is 35.4 Å². The van der Waals surface area contributed by atoms with Gasteiger partial charge in [0.25, 0.3) is 0 Å². The summed E-state index contributed by atoms with van der Waals surface area (Å²) in [7, 11) is -3.27. The number of benzene rings is 1. The molecule has 1 unspecified atom stereocenters. The van der Waals surface area contributed by atoms with Crippen LogP contribution in [0.5, 0.6) is 0 Å². The van der Waals surface area contributed by atoms with Gasteiger partial charge in [0.2, 0.25) is 10.0 Å². The van der Waals surface area contributed by atoms with E-state index in [0.717, 1.165) is 5.56 Å². The summed E-state index contributed by atoms with van der Waals surface area (Å²) in [5.74, 6) is -0.209. The predicted octanol–water partition coefficient (Wildman–Crippen LogP) is 1.89. The zero-order valence-electron chi connectivity index (χ0n) is 12.0. The second-order valence-electron chi connectivity index (χ2n) is 5.68. The van der Waals surface area contributed by atoms with E-state index in [1.54, 1.807) is 12.1 Å². The molecule has 0 aliphatic carbocycles. The van der Waals surface area contributed by atoms with Gasteiger partial charge in [0.05, 0.1) is 17.9 Å². The van der Waals surface area contributed by atoms with E-state index in [2.05, 4.69) is 0 Å². The molecule has 1 aromatic carbocycles. The van der Waals surface area contributed by atoms with Gasteiger partial charge in [0, 0.05) is 12.1 Å². The molecule has 5 nitrogen and oxygen atoms in total. The Morgan fingerprint density at radius 3 is 2.86 bits per heavy atom. The SMILES string of the molecule is CCCS(=O)(=O)N1CCCC2(C1)OC(=O)c1ccccc12. The first-order chi connectivity index (χ1) is 9.98. The molecule has 1 saturated heterocycles. The quantitative estimate of drug-likeness (QED) is 0.800. The van der Waals surface area contributed by atoms with Gasteiger partial charge in [-0.3, -0.25) is 0 Å². The van der Waals surface area contributed by atoms with Crippen LogP contribution >= 0.6 is 0 Å². The first kappa shape index (κ1) is 14.5. The summed E-state index contributed by atoms with van der Waals surface area (Å²) in [6.07, 6.45) is 1.96. The lowest BCUT2D eigenvalue weighted by atomic mass is 9.86. The van der Waals surface area contributed by atoms with Crippen LogP contribution in [0.2, 0.25) is 0 Å². The third kappa shape index (κ3) is 2.36. The van der Waals surface area contributed by atoms with Crippen LogP contribution in [-0.2, 0) is 20.4 Å². The minimum Gasteiger partial charge on any atom is -0.449 e. The smallest absolute Gasteiger partial charge is 0.339 e. The highest BCUT2D eigenvalue weighted by Gasteiger charge is 2.49. The molecule has 0 N–H and O–H groups in total. The average molecular weight is 309 g/mol. The number of esters is 1. The third-order valence-electron chi connectivity index (χ3n) is 4.20. The molecule has 0 saturated carbocycles. The lowest BCUT2D eigenvalue weighted by molar-refractivity contribution is -0.0345. The standard InChI is InChI=1S/C15H19NO4S/c1-2-10-21(18,19)16-9-5-8-15(11-16)13-7-4-3-6-12(13)14(17)20-15/h3-4,6-7H,2,5,8-11H2,1H3. The predicted molar refractivity (Wildman–Crippen MR) is 78.4 cm³/mol. The van der Waals surface area contributed by atoms with E-state index in [0.29, 0.717) is 31.4 Å². The van der Waals surface area contributed by atoms with E-state index in [4.69, 9.17) is 4.74 Å². The lowest BCUT2D eigenvalue weighted by Gasteiger charge is -2.38. The van der Waals surface area contributed by atoms with Gasteiger partial charge < -0.3 is 4.74 Å². The van der Waals surface area contributed by atoms with Crippen molar-refractivity contribution in [3.63, 3.8) is 0 Å². The summed E-state index contributed by atoms with van der Waals surface area (Å²) in [4.78, 5) is 12.0. The van der Waals surface area contributed by atoms with Crippen LogP contribution in [0.1, 0.15) is 42.1 Å². The molecular weight excluding hydrogens is 290 g/mol. The average Bonchev–Trinajstić information content (AvgIpc) is 2.72. The van der Waals surface area contributed by atoms with Gasteiger partial charge >= 0.3 is 5.97 Å². The summed E-state index contributed by atoms with van der Waals surface area (Å²) in [5.41, 5.74) is 0.589. The van der Waals surface area contributed by atoms with E-state index in [1.165, 1.54) is 4.31 Å². The van der Waals surface area contributed by atoms with E-state index in [9.17, 15) is 13.2 Å². The number of hydrogen-bond donors (Lipinski definition) is 0. The van der Waals surface area contributed by atoms with Gasteiger partial charge in [0.1, 0.15) is 0 Å². The highest BCUT2D eigenvalue weighted by atomic mass is 32.2. The molecule has 1 atom stereocenters. The zero-order valence-corrected chi connectivity index (χ0v) is 12.9. The van der Waals surface area contributed by atoms with Crippen LogP contribution in [0, 0.1) is 0 Å². The molecular formula is C15H19NO4S. The molecule has 0 bridgehead atoms. The molecule has 1 spiro atoms. The minimum atomic E-state index is -3.27. The molecule has 2 heterocycles. The second kappa shape index (κ2) is 5.10. The minimum absolute atomic E-state index is 0.138. The lowest BCUT2D eigenvalue weighted by Crippen LogP contribution is -2.49. The number of hydrogen-bond acceptors (Lipinski definition) is 4. The van der Waals surface area contributed by atoms with E-state index < -0.39 is 15.6 Å². The van der Waals surface area contributed by atoms with E-state index in [-0.39, 0.29) is 18.3 Å². The fourth-order valence-electron chi connectivity index (χ4n) is 3.26. The molecule has 2 aliphatic rings. The van der Waals surface area contributed by atoms with Gasteiger partial charge in [-0.15, -0.1) is 0 Å². The first-order valence-electron chi connectivity index (χ1n) is 7.29. The molecule has 6 heteroatoms. The number of piperidine rings is 1. The Kier molecular flexibility index (Phi) is 3.53. The Morgan fingerprint density at radius 2 is 2.10 bits per heavy atom. The molecule has 2 aliphatic heterocycles. The normalized spacial score (nSPS) is 25.9. The van der Waals surface area contributed by atoms with Crippen molar-refractivity contribution in [1.29, 1.82) is 0 Å². The van der Waals surface area contributed by atoms with Crippen molar-refractivity contribution < 1.29 is 17.9 Å². The molecule has 1 fully saturated rings. The van der Waals surface area contributed by atoms with Crippen molar-refractivity contribution in [2.45, 2.75) is 31.8 Å². The number of ether oxygens (including phenoxy) is 1. The molecule has 0 radical (unpaired) electrons. The highest BCUT2D eigenvalue weighted by molar-refractivity contribution is 7.89. The number of nitrogens with zero attached hydrogens (tertiary/aromatic N) is 1. The molecule has 21 heavy (non-hydrogen) atoms. The largest absolute Gasteiger partial charge is 0.449 e. The highest BCUT2D eigenvalue weighted by Crippen LogP contribution is 2.43. The molecule has 114 valence electrons. The van der Waals surface area contributed by atoms with Crippen molar-refractivity contribution >= 4 is 16.0 Å². The maximum absolute atomic E-state index is 12.3. The summed E-state index contributed by atoms with van der Waals surface area (Å²) in [6, 6.07) is 7.28. The van der Waals surface area contributed by atoms with Gasteiger partial charge in [-0.2, -0.15) is 4.31 Å². The number of sulfonamides is 1. The summed E-state index contributed by atoms with van der Waals surface area (Å²) in [5, 5.41) is 0. The van der Waals surface area contributed by atoms with Crippen LogP contribution < -0.4 is 0 Å². The number of rotatable bonds is 3. The Bertz CT molecular complexity index is 670. The zero-order chi connectivity index (χ0) is 15.1. The van der Waals surface area contributed by atoms with Crippen molar-refractivity contribution in [2.24, 2.45) is 0 Å². The van der Waals surface area contributed by atoms with Crippen molar-refractivity contribution in [3.8, 4) is 0 Å². The van der Waals surface area contributed by atoms with Gasteiger partial charge in [-0.1, -0.05) is 25.1 Å². The fourth-order valence-corrected chi connectivity index (χ4v) is 4.84.